The normalized spacial score (nSPS) is 11.1. The quantitative estimate of drug-likeness (QED) is 0.725. The summed E-state index contributed by atoms with van der Waals surface area (Å²) in [5, 5.41) is 0. The van der Waals surface area contributed by atoms with Crippen LogP contribution < -0.4 is 5.73 Å². The number of nitrogens with one attached hydrogen (secondary N) is 1. The summed E-state index contributed by atoms with van der Waals surface area (Å²) < 4.78 is 0. The Morgan fingerprint density at radius 1 is 1.35 bits per heavy atom. The summed E-state index contributed by atoms with van der Waals surface area (Å²) >= 11 is 1.72. The SMILES string of the molecule is CCc1ccc(-c2nc3ncnc(N)c3[nH]2)s1. The molecular weight excluding hydrogens is 234 g/mol. The molecule has 0 unspecified atom stereocenters. The van der Waals surface area contributed by atoms with Gasteiger partial charge in [0.15, 0.2) is 17.3 Å². The van der Waals surface area contributed by atoms with E-state index in [9.17, 15) is 0 Å². The summed E-state index contributed by atoms with van der Waals surface area (Å²) in [6, 6.07) is 4.17. The summed E-state index contributed by atoms with van der Waals surface area (Å²) in [6.07, 6.45) is 2.46. The van der Waals surface area contributed by atoms with E-state index in [-0.39, 0.29) is 0 Å². The van der Waals surface area contributed by atoms with Gasteiger partial charge in [-0.2, -0.15) is 0 Å². The zero-order chi connectivity index (χ0) is 11.8. The minimum atomic E-state index is 0.432. The predicted octanol–water partition coefficient (Wildman–Crippen LogP) is 2.23. The lowest BCUT2D eigenvalue weighted by Gasteiger charge is -1.90. The first kappa shape index (κ1) is 10.2. The second-order valence-corrected chi connectivity index (χ2v) is 4.83. The number of aromatic nitrogens is 4. The molecule has 3 aromatic heterocycles. The molecule has 3 rings (SSSR count). The van der Waals surface area contributed by atoms with Crippen molar-refractivity contribution in [2.45, 2.75) is 13.3 Å². The lowest BCUT2D eigenvalue weighted by atomic mass is 10.3. The fourth-order valence-corrected chi connectivity index (χ4v) is 2.55. The van der Waals surface area contributed by atoms with Crippen LogP contribution in [-0.4, -0.2) is 19.9 Å². The van der Waals surface area contributed by atoms with Crippen LogP contribution in [0.4, 0.5) is 5.82 Å². The second-order valence-electron chi connectivity index (χ2n) is 3.66. The minimum absolute atomic E-state index is 0.432. The number of thiophene rings is 1. The van der Waals surface area contributed by atoms with E-state index in [0.29, 0.717) is 17.0 Å². The van der Waals surface area contributed by atoms with Crippen LogP contribution in [0.15, 0.2) is 18.5 Å². The first-order chi connectivity index (χ1) is 8.28. The maximum absolute atomic E-state index is 5.76. The molecule has 0 aliphatic rings. The molecule has 0 saturated carbocycles. The Kier molecular flexibility index (Phi) is 2.29. The molecule has 0 radical (unpaired) electrons. The highest BCUT2D eigenvalue weighted by Crippen LogP contribution is 2.28. The number of hydrogen-bond acceptors (Lipinski definition) is 5. The van der Waals surface area contributed by atoms with Crippen molar-refractivity contribution in [3.05, 3.63) is 23.3 Å². The van der Waals surface area contributed by atoms with Crippen molar-refractivity contribution in [1.82, 2.24) is 19.9 Å². The molecule has 3 aromatic rings. The number of nitrogens with zero attached hydrogens (tertiary/aromatic N) is 3. The van der Waals surface area contributed by atoms with Crippen molar-refractivity contribution in [2.75, 3.05) is 5.73 Å². The average Bonchev–Trinajstić information content (AvgIpc) is 2.95. The van der Waals surface area contributed by atoms with Gasteiger partial charge in [-0.15, -0.1) is 11.3 Å². The minimum Gasteiger partial charge on any atom is -0.382 e. The maximum atomic E-state index is 5.76. The van der Waals surface area contributed by atoms with E-state index < -0.39 is 0 Å². The van der Waals surface area contributed by atoms with Crippen molar-refractivity contribution >= 4 is 28.3 Å². The number of fused-ring (bicyclic) bond motifs is 1. The van der Waals surface area contributed by atoms with E-state index in [1.165, 1.54) is 11.2 Å². The fraction of sp³-hybridized carbons (Fsp3) is 0.182. The summed E-state index contributed by atoms with van der Waals surface area (Å²) in [5.74, 6) is 1.23. The summed E-state index contributed by atoms with van der Waals surface area (Å²) in [5.41, 5.74) is 7.07. The van der Waals surface area contributed by atoms with Crippen LogP contribution in [0.1, 0.15) is 11.8 Å². The first-order valence-electron chi connectivity index (χ1n) is 5.33. The first-order valence-corrected chi connectivity index (χ1v) is 6.15. The molecular formula is C11H11N5S. The topological polar surface area (TPSA) is 80.5 Å². The van der Waals surface area contributed by atoms with E-state index in [0.717, 1.165) is 17.1 Å². The monoisotopic (exact) mass is 245 g/mol. The van der Waals surface area contributed by atoms with Crippen LogP contribution in [0.25, 0.3) is 21.9 Å². The molecule has 0 saturated heterocycles. The molecule has 3 N–H and O–H groups in total. The van der Waals surface area contributed by atoms with E-state index in [4.69, 9.17) is 5.73 Å². The third kappa shape index (κ3) is 1.66. The third-order valence-electron chi connectivity index (χ3n) is 2.56. The lowest BCUT2D eigenvalue weighted by Crippen LogP contribution is -1.91. The highest BCUT2D eigenvalue weighted by molar-refractivity contribution is 7.15. The summed E-state index contributed by atoms with van der Waals surface area (Å²) in [7, 11) is 0. The number of nitrogen functional groups attached to an aromatic ring is 1. The van der Waals surface area contributed by atoms with Crippen LogP contribution in [-0.2, 0) is 6.42 Å². The van der Waals surface area contributed by atoms with Gasteiger partial charge in [0.25, 0.3) is 0 Å². The molecule has 0 atom stereocenters. The Morgan fingerprint density at radius 3 is 2.94 bits per heavy atom. The number of imidazole rings is 1. The van der Waals surface area contributed by atoms with E-state index in [2.05, 4.69) is 39.0 Å². The van der Waals surface area contributed by atoms with Gasteiger partial charge in [0.2, 0.25) is 0 Å². The number of nitrogens with two attached hydrogens (primary N) is 1. The van der Waals surface area contributed by atoms with Gasteiger partial charge in [-0.25, -0.2) is 15.0 Å². The molecule has 0 aromatic carbocycles. The second kappa shape index (κ2) is 3.81. The summed E-state index contributed by atoms with van der Waals surface area (Å²) in [6.45, 7) is 2.14. The number of hydrogen-bond donors (Lipinski definition) is 2. The van der Waals surface area contributed by atoms with Gasteiger partial charge in [-0.05, 0) is 18.6 Å². The van der Waals surface area contributed by atoms with Crippen molar-refractivity contribution in [3.63, 3.8) is 0 Å². The molecule has 0 amide bonds. The molecule has 5 nitrogen and oxygen atoms in total. The molecule has 6 heteroatoms. The molecule has 0 spiro atoms. The number of H-pyrrole nitrogens is 1. The molecule has 17 heavy (non-hydrogen) atoms. The average molecular weight is 245 g/mol. The van der Waals surface area contributed by atoms with Gasteiger partial charge in [0.1, 0.15) is 11.8 Å². The Bertz CT molecular complexity index is 669. The van der Waals surface area contributed by atoms with Crippen molar-refractivity contribution in [2.24, 2.45) is 0 Å². The largest absolute Gasteiger partial charge is 0.382 e. The highest BCUT2D eigenvalue weighted by Gasteiger charge is 2.10. The van der Waals surface area contributed by atoms with Crippen LogP contribution in [0, 0.1) is 0 Å². The van der Waals surface area contributed by atoms with Gasteiger partial charge in [0.05, 0.1) is 4.88 Å². The number of rotatable bonds is 2. The molecule has 3 heterocycles. The van der Waals surface area contributed by atoms with Crippen LogP contribution in [0.3, 0.4) is 0 Å². The van der Waals surface area contributed by atoms with E-state index in [1.54, 1.807) is 11.3 Å². The highest BCUT2D eigenvalue weighted by atomic mass is 32.1. The lowest BCUT2D eigenvalue weighted by molar-refractivity contribution is 1.19. The predicted molar refractivity (Wildman–Crippen MR) is 68.8 cm³/mol. The Labute approximate surface area is 102 Å². The standard InChI is InChI=1S/C11H11N5S/c1-2-6-3-4-7(17-6)10-15-8-9(12)13-5-14-11(8)16-10/h3-5H,2H2,1H3,(H3,12,13,14,15,16). The summed E-state index contributed by atoms with van der Waals surface area (Å²) in [4.78, 5) is 18.0. The van der Waals surface area contributed by atoms with Crippen molar-refractivity contribution < 1.29 is 0 Å². The molecule has 0 aliphatic heterocycles. The van der Waals surface area contributed by atoms with Gasteiger partial charge < -0.3 is 10.7 Å². The Morgan fingerprint density at radius 2 is 2.24 bits per heavy atom. The van der Waals surface area contributed by atoms with E-state index in [1.807, 2.05) is 0 Å². The molecule has 0 bridgehead atoms. The molecule has 86 valence electrons. The zero-order valence-electron chi connectivity index (χ0n) is 9.27. The Balaban J connectivity index is 2.14. The maximum Gasteiger partial charge on any atom is 0.183 e. The number of aromatic amines is 1. The van der Waals surface area contributed by atoms with E-state index >= 15 is 0 Å². The van der Waals surface area contributed by atoms with Crippen LogP contribution in [0.2, 0.25) is 0 Å². The number of anilines is 1. The smallest absolute Gasteiger partial charge is 0.183 e. The number of aryl methyl sites for hydroxylation is 1. The fourth-order valence-electron chi connectivity index (χ4n) is 1.66. The van der Waals surface area contributed by atoms with Gasteiger partial charge in [-0.1, -0.05) is 6.92 Å². The Hall–Kier alpha value is -1.95. The molecule has 0 aliphatic carbocycles. The van der Waals surface area contributed by atoms with Crippen LogP contribution >= 0.6 is 11.3 Å². The van der Waals surface area contributed by atoms with Crippen molar-refractivity contribution in [1.29, 1.82) is 0 Å². The van der Waals surface area contributed by atoms with Crippen molar-refractivity contribution in [3.8, 4) is 10.7 Å². The molecule has 0 fully saturated rings. The van der Waals surface area contributed by atoms with Crippen LogP contribution in [0.5, 0.6) is 0 Å². The van der Waals surface area contributed by atoms with Gasteiger partial charge >= 0.3 is 0 Å². The zero-order valence-corrected chi connectivity index (χ0v) is 10.1. The van der Waals surface area contributed by atoms with Gasteiger partial charge in [0, 0.05) is 4.88 Å². The van der Waals surface area contributed by atoms with Gasteiger partial charge in [-0.3, -0.25) is 0 Å². The third-order valence-corrected chi connectivity index (χ3v) is 3.80.